The number of hydrogen-bond acceptors (Lipinski definition) is 3. The molecule has 1 aliphatic carbocycles. The van der Waals surface area contributed by atoms with Crippen molar-refractivity contribution < 1.29 is 4.74 Å². The third-order valence-electron chi connectivity index (χ3n) is 3.57. The molecular weight excluding hydrogens is 194 g/mol. The van der Waals surface area contributed by atoms with Gasteiger partial charge in [0.05, 0.1) is 6.61 Å². The Labute approximate surface area is 91.2 Å². The van der Waals surface area contributed by atoms with E-state index < -0.39 is 0 Å². The van der Waals surface area contributed by atoms with Crippen LogP contribution in [0.15, 0.2) is 0 Å². The molecule has 1 heterocycles. The van der Waals surface area contributed by atoms with Crippen molar-refractivity contribution in [1.29, 1.82) is 0 Å². The summed E-state index contributed by atoms with van der Waals surface area (Å²) in [5.41, 5.74) is 0. The second kappa shape index (κ2) is 4.86. The minimum atomic E-state index is 0.567. The van der Waals surface area contributed by atoms with Gasteiger partial charge in [-0.25, -0.2) is 0 Å². The minimum absolute atomic E-state index is 0.567. The summed E-state index contributed by atoms with van der Waals surface area (Å²) in [5, 5.41) is 3.67. The summed E-state index contributed by atoms with van der Waals surface area (Å²) >= 11 is 2.04. The van der Waals surface area contributed by atoms with Gasteiger partial charge in [-0.2, -0.15) is 11.8 Å². The van der Waals surface area contributed by atoms with Crippen LogP contribution < -0.4 is 5.32 Å². The fourth-order valence-electron chi connectivity index (χ4n) is 2.26. The lowest BCUT2D eigenvalue weighted by atomic mass is 9.84. The van der Waals surface area contributed by atoms with Gasteiger partial charge in [0.2, 0.25) is 0 Å². The first-order chi connectivity index (χ1) is 6.85. The zero-order chi connectivity index (χ0) is 9.86. The van der Waals surface area contributed by atoms with Crippen LogP contribution in [-0.4, -0.2) is 36.8 Å². The highest BCUT2D eigenvalue weighted by molar-refractivity contribution is 8.00. The molecule has 14 heavy (non-hydrogen) atoms. The topological polar surface area (TPSA) is 21.3 Å². The number of rotatable bonds is 4. The highest BCUT2D eigenvalue weighted by Gasteiger charge is 2.36. The Hall–Kier alpha value is 0.270. The van der Waals surface area contributed by atoms with E-state index in [4.69, 9.17) is 4.74 Å². The number of thioether (sulfide) groups is 1. The monoisotopic (exact) mass is 215 g/mol. The minimum Gasteiger partial charge on any atom is -0.380 e. The third-order valence-corrected chi connectivity index (χ3v) is 4.99. The lowest BCUT2D eigenvalue weighted by Gasteiger charge is -2.42. The molecule has 82 valence electrons. The first-order valence-electron chi connectivity index (χ1n) is 5.71. The molecule has 1 aliphatic heterocycles. The average Bonchev–Trinajstić information content (AvgIpc) is 2.19. The van der Waals surface area contributed by atoms with Gasteiger partial charge in [0.15, 0.2) is 0 Å². The predicted molar refractivity (Wildman–Crippen MR) is 61.9 cm³/mol. The SMILES string of the molecule is CSC1(CNC2CCCOC2)CCC1. The molecule has 1 N–H and O–H groups in total. The van der Waals surface area contributed by atoms with E-state index in [1.165, 1.54) is 38.6 Å². The maximum absolute atomic E-state index is 5.46. The molecule has 1 saturated carbocycles. The largest absolute Gasteiger partial charge is 0.380 e. The molecule has 0 amide bonds. The van der Waals surface area contributed by atoms with E-state index in [1.54, 1.807) is 0 Å². The van der Waals surface area contributed by atoms with Crippen LogP contribution in [0.4, 0.5) is 0 Å². The molecule has 1 atom stereocenters. The molecular formula is C11H21NOS. The van der Waals surface area contributed by atoms with E-state index in [2.05, 4.69) is 11.6 Å². The fraction of sp³-hybridized carbons (Fsp3) is 1.00. The summed E-state index contributed by atoms with van der Waals surface area (Å²) < 4.78 is 6.03. The normalized spacial score (nSPS) is 31.1. The first kappa shape index (κ1) is 10.8. The fourth-order valence-corrected chi connectivity index (χ4v) is 3.18. The number of hydrogen-bond donors (Lipinski definition) is 1. The van der Waals surface area contributed by atoms with Crippen molar-refractivity contribution in [2.24, 2.45) is 0 Å². The predicted octanol–water partition coefficient (Wildman–Crippen LogP) is 2.04. The summed E-state index contributed by atoms with van der Waals surface area (Å²) in [5.74, 6) is 0. The standard InChI is InChI=1S/C11H21NOS/c1-14-11(5-3-6-11)9-12-10-4-2-7-13-8-10/h10,12H,2-9H2,1H3. The Kier molecular flexibility index (Phi) is 3.74. The van der Waals surface area contributed by atoms with Crippen LogP contribution in [0.1, 0.15) is 32.1 Å². The molecule has 0 aromatic rings. The molecule has 1 unspecified atom stereocenters. The maximum Gasteiger partial charge on any atom is 0.0619 e. The molecule has 0 aromatic carbocycles. The van der Waals surface area contributed by atoms with Gasteiger partial charge in [-0.3, -0.25) is 0 Å². The Bertz CT molecular complexity index is 171. The van der Waals surface area contributed by atoms with Gasteiger partial charge < -0.3 is 10.1 Å². The molecule has 0 radical (unpaired) electrons. The quantitative estimate of drug-likeness (QED) is 0.775. The molecule has 2 nitrogen and oxygen atoms in total. The summed E-state index contributed by atoms with van der Waals surface area (Å²) in [6, 6.07) is 0.619. The molecule has 1 saturated heterocycles. The van der Waals surface area contributed by atoms with E-state index >= 15 is 0 Å². The zero-order valence-electron chi connectivity index (χ0n) is 9.05. The molecule has 0 aromatic heterocycles. The van der Waals surface area contributed by atoms with Crippen LogP contribution in [0.5, 0.6) is 0 Å². The zero-order valence-corrected chi connectivity index (χ0v) is 9.87. The van der Waals surface area contributed by atoms with Gasteiger partial charge in [-0.15, -0.1) is 0 Å². The third kappa shape index (κ3) is 2.44. The van der Waals surface area contributed by atoms with Gasteiger partial charge in [-0.05, 0) is 31.9 Å². The van der Waals surface area contributed by atoms with Crippen LogP contribution in [0.3, 0.4) is 0 Å². The van der Waals surface area contributed by atoms with Crippen molar-refractivity contribution in [3.05, 3.63) is 0 Å². The second-order valence-electron chi connectivity index (χ2n) is 4.54. The number of ether oxygens (including phenoxy) is 1. The van der Waals surface area contributed by atoms with Crippen molar-refractivity contribution in [3.63, 3.8) is 0 Å². The van der Waals surface area contributed by atoms with E-state index in [0.717, 1.165) is 13.2 Å². The Morgan fingerprint density at radius 3 is 2.79 bits per heavy atom. The average molecular weight is 215 g/mol. The highest BCUT2D eigenvalue weighted by atomic mass is 32.2. The summed E-state index contributed by atoms with van der Waals surface area (Å²) in [4.78, 5) is 0. The molecule has 2 rings (SSSR count). The van der Waals surface area contributed by atoms with Crippen molar-refractivity contribution >= 4 is 11.8 Å². The van der Waals surface area contributed by atoms with E-state index in [-0.39, 0.29) is 0 Å². The molecule has 3 heteroatoms. The summed E-state index contributed by atoms with van der Waals surface area (Å²) in [6.45, 7) is 3.07. The van der Waals surface area contributed by atoms with Crippen LogP contribution in [0.2, 0.25) is 0 Å². The van der Waals surface area contributed by atoms with Gasteiger partial charge in [-0.1, -0.05) is 6.42 Å². The van der Waals surface area contributed by atoms with Crippen molar-refractivity contribution in [2.45, 2.75) is 42.9 Å². The van der Waals surface area contributed by atoms with Crippen LogP contribution in [0.25, 0.3) is 0 Å². The Morgan fingerprint density at radius 2 is 2.29 bits per heavy atom. The van der Waals surface area contributed by atoms with E-state index in [9.17, 15) is 0 Å². The lowest BCUT2D eigenvalue weighted by molar-refractivity contribution is 0.0685. The van der Waals surface area contributed by atoms with Gasteiger partial charge in [0, 0.05) is 23.9 Å². The van der Waals surface area contributed by atoms with Crippen LogP contribution in [0, 0.1) is 0 Å². The number of nitrogens with one attached hydrogen (secondary N) is 1. The first-order valence-corrected chi connectivity index (χ1v) is 6.93. The molecule has 0 bridgehead atoms. The van der Waals surface area contributed by atoms with E-state index in [0.29, 0.717) is 10.8 Å². The van der Waals surface area contributed by atoms with Crippen LogP contribution >= 0.6 is 11.8 Å². The Morgan fingerprint density at radius 1 is 1.43 bits per heavy atom. The summed E-state index contributed by atoms with van der Waals surface area (Å²) in [6.07, 6.45) is 8.99. The van der Waals surface area contributed by atoms with Crippen molar-refractivity contribution in [2.75, 3.05) is 26.0 Å². The summed E-state index contributed by atoms with van der Waals surface area (Å²) in [7, 11) is 0. The molecule has 2 fully saturated rings. The Balaban J connectivity index is 1.69. The molecule has 0 spiro atoms. The molecule has 2 aliphatic rings. The maximum atomic E-state index is 5.46. The second-order valence-corrected chi connectivity index (χ2v) is 5.81. The van der Waals surface area contributed by atoms with Crippen molar-refractivity contribution in [3.8, 4) is 0 Å². The highest BCUT2D eigenvalue weighted by Crippen LogP contribution is 2.42. The van der Waals surface area contributed by atoms with E-state index in [1.807, 2.05) is 11.8 Å². The van der Waals surface area contributed by atoms with Crippen LogP contribution in [-0.2, 0) is 4.74 Å². The van der Waals surface area contributed by atoms with Gasteiger partial charge in [0.25, 0.3) is 0 Å². The smallest absolute Gasteiger partial charge is 0.0619 e. The van der Waals surface area contributed by atoms with Gasteiger partial charge >= 0.3 is 0 Å². The lowest BCUT2D eigenvalue weighted by Crippen LogP contribution is -2.48. The van der Waals surface area contributed by atoms with Crippen molar-refractivity contribution in [1.82, 2.24) is 5.32 Å². The van der Waals surface area contributed by atoms with Gasteiger partial charge in [0.1, 0.15) is 0 Å².